The second-order valence-electron chi connectivity index (χ2n) is 6.03. The van der Waals surface area contributed by atoms with Gasteiger partial charge < -0.3 is 4.74 Å². The number of fused-ring (bicyclic) bond motifs is 1. The van der Waals surface area contributed by atoms with Crippen LogP contribution in [0.2, 0.25) is 0 Å². The van der Waals surface area contributed by atoms with E-state index in [2.05, 4.69) is 35.9 Å². The lowest BCUT2D eigenvalue weighted by molar-refractivity contribution is 0.0234. The van der Waals surface area contributed by atoms with E-state index in [4.69, 9.17) is 4.74 Å². The first kappa shape index (κ1) is 11.9. The lowest BCUT2D eigenvalue weighted by atomic mass is 9.77. The highest BCUT2D eigenvalue weighted by Gasteiger charge is 2.65. The molecule has 2 bridgehead atoms. The van der Waals surface area contributed by atoms with Gasteiger partial charge in [0.2, 0.25) is 10.0 Å². The summed E-state index contributed by atoms with van der Waals surface area (Å²) in [6.45, 7) is 2.52. The Balaban J connectivity index is 1.67. The number of nitrogens with one attached hydrogen (secondary N) is 1. The predicted octanol–water partition coefficient (Wildman–Crippen LogP) is 1.31. The molecule has 0 aliphatic carbocycles. The van der Waals surface area contributed by atoms with Gasteiger partial charge in [-0.1, -0.05) is 29.8 Å². The molecule has 1 spiro atoms. The second kappa shape index (κ2) is 3.59. The van der Waals surface area contributed by atoms with Crippen molar-refractivity contribution in [3.63, 3.8) is 0 Å². The molecule has 0 saturated carbocycles. The number of rotatable bonds is 1. The van der Waals surface area contributed by atoms with E-state index in [0.29, 0.717) is 18.9 Å². The summed E-state index contributed by atoms with van der Waals surface area (Å²) >= 11 is 0. The Bertz CT molecular complexity index is 625. The van der Waals surface area contributed by atoms with Crippen LogP contribution in [0.3, 0.4) is 0 Å². The summed E-state index contributed by atoms with van der Waals surface area (Å²) < 4.78 is 32.6. The second-order valence-corrected chi connectivity index (χ2v) is 7.98. The molecule has 5 heteroatoms. The van der Waals surface area contributed by atoms with Gasteiger partial charge in [0, 0.05) is 12.5 Å². The lowest BCUT2D eigenvalue weighted by Gasteiger charge is -2.26. The van der Waals surface area contributed by atoms with Crippen LogP contribution in [0.25, 0.3) is 0 Å². The molecule has 3 heterocycles. The van der Waals surface area contributed by atoms with Crippen molar-refractivity contribution >= 4 is 10.0 Å². The molecular weight excluding hydrogens is 262 g/mol. The Kier molecular flexibility index (Phi) is 2.25. The summed E-state index contributed by atoms with van der Waals surface area (Å²) in [5, 5.41) is -0.341. The molecule has 0 unspecified atom stereocenters. The summed E-state index contributed by atoms with van der Waals surface area (Å²) in [6.07, 6.45) is 1.51. The van der Waals surface area contributed by atoms with Crippen LogP contribution in [0.1, 0.15) is 29.9 Å². The average molecular weight is 279 g/mol. The fourth-order valence-corrected chi connectivity index (χ4v) is 5.78. The smallest absolute Gasteiger partial charge is 0.217 e. The maximum absolute atomic E-state index is 11.9. The maximum Gasteiger partial charge on any atom is 0.217 e. The summed E-state index contributed by atoms with van der Waals surface area (Å²) in [7, 11) is -3.15. The largest absolute Gasteiger partial charge is 0.368 e. The number of benzene rings is 1. The van der Waals surface area contributed by atoms with E-state index < -0.39 is 15.6 Å². The molecule has 102 valence electrons. The van der Waals surface area contributed by atoms with Gasteiger partial charge in [-0.3, -0.25) is 0 Å². The molecule has 4 rings (SSSR count). The van der Waals surface area contributed by atoms with E-state index in [1.807, 2.05) is 0 Å². The Hall–Kier alpha value is -0.910. The van der Waals surface area contributed by atoms with Gasteiger partial charge in [0.25, 0.3) is 0 Å². The zero-order chi connectivity index (χ0) is 13.3. The van der Waals surface area contributed by atoms with Crippen molar-refractivity contribution in [2.24, 2.45) is 0 Å². The highest BCUT2D eigenvalue weighted by Crippen LogP contribution is 2.55. The van der Waals surface area contributed by atoms with E-state index in [-0.39, 0.29) is 11.4 Å². The standard InChI is InChI=1S/C14H17NO3S/c1-9-2-4-10(5-3-9)11-7-14-8-15-19(16,17)13(14)6-12(11)18-14/h2-5,11-13,15H,6-8H2,1H3/t11-,12-,13+,14+/m1/s1. The third kappa shape index (κ3) is 1.55. The molecular formula is C14H17NO3S. The fraction of sp³-hybridized carbons (Fsp3) is 0.571. The molecule has 4 nitrogen and oxygen atoms in total. The Morgan fingerprint density at radius 2 is 2.05 bits per heavy atom. The monoisotopic (exact) mass is 279 g/mol. The number of hydrogen-bond acceptors (Lipinski definition) is 3. The van der Waals surface area contributed by atoms with E-state index in [0.717, 1.165) is 6.42 Å². The van der Waals surface area contributed by atoms with Crippen molar-refractivity contribution in [1.82, 2.24) is 4.72 Å². The van der Waals surface area contributed by atoms with Crippen LogP contribution in [-0.4, -0.2) is 31.9 Å². The fourth-order valence-electron chi connectivity index (χ4n) is 3.89. The highest BCUT2D eigenvalue weighted by atomic mass is 32.2. The van der Waals surface area contributed by atoms with E-state index in [9.17, 15) is 8.42 Å². The topological polar surface area (TPSA) is 55.4 Å². The quantitative estimate of drug-likeness (QED) is 0.843. The van der Waals surface area contributed by atoms with Gasteiger partial charge in [-0.2, -0.15) is 0 Å². The molecule has 0 aromatic heterocycles. The van der Waals surface area contributed by atoms with Crippen molar-refractivity contribution < 1.29 is 13.2 Å². The Morgan fingerprint density at radius 1 is 1.32 bits per heavy atom. The number of sulfonamides is 1. The third-order valence-electron chi connectivity index (χ3n) is 4.89. The minimum absolute atomic E-state index is 0.0598. The number of ether oxygens (including phenoxy) is 1. The van der Waals surface area contributed by atoms with Gasteiger partial charge in [0.05, 0.1) is 6.10 Å². The Morgan fingerprint density at radius 3 is 2.79 bits per heavy atom. The zero-order valence-corrected chi connectivity index (χ0v) is 11.6. The first-order valence-corrected chi connectivity index (χ1v) is 8.28. The molecule has 4 atom stereocenters. The third-order valence-corrected chi connectivity index (χ3v) is 6.80. The van der Waals surface area contributed by atoms with Gasteiger partial charge in [0.1, 0.15) is 10.9 Å². The van der Waals surface area contributed by atoms with Crippen LogP contribution < -0.4 is 4.72 Å². The predicted molar refractivity (Wildman–Crippen MR) is 71.5 cm³/mol. The summed E-state index contributed by atoms with van der Waals surface area (Å²) in [4.78, 5) is 0. The molecule has 0 radical (unpaired) electrons. The van der Waals surface area contributed by atoms with E-state index >= 15 is 0 Å². The van der Waals surface area contributed by atoms with Gasteiger partial charge >= 0.3 is 0 Å². The van der Waals surface area contributed by atoms with Crippen LogP contribution in [-0.2, 0) is 14.8 Å². The zero-order valence-electron chi connectivity index (χ0n) is 10.8. The molecule has 3 aliphatic rings. The SMILES string of the molecule is Cc1ccc([C@H]2C[C@]34CNS(=O)(=O)[C@H]3C[C@H]2O4)cc1. The minimum atomic E-state index is -3.15. The lowest BCUT2D eigenvalue weighted by Crippen LogP contribution is -2.39. The molecule has 3 aliphatic heterocycles. The van der Waals surface area contributed by atoms with Crippen LogP contribution in [0.5, 0.6) is 0 Å². The van der Waals surface area contributed by atoms with Gasteiger partial charge in [-0.25, -0.2) is 13.1 Å². The van der Waals surface area contributed by atoms with Crippen molar-refractivity contribution in [3.8, 4) is 0 Å². The number of hydrogen-bond donors (Lipinski definition) is 1. The summed E-state index contributed by atoms with van der Waals surface area (Å²) in [5.41, 5.74) is 2.04. The molecule has 1 aromatic carbocycles. The van der Waals surface area contributed by atoms with Gasteiger partial charge in [-0.05, 0) is 25.3 Å². The van der Waals surface area contributed by atoms with Gasteiger partial charge in [0.15, 0.2) is 0 Å². The normalized spacial score (nSPS) is 42.5. The molecule has 3 saturated heterocycles. The van der Waals surface area contributed by atoms with Crippen LogP contribution in [0.4, 0.5) is 0 Å². The minimum Gasteiger partial charge on any atom is -0.368 e. The summed E-state index contributed by atoms with van der Waals surface area (Å²) in [6, 6.07) is 8.51. The van der Waals surface area contributed by atoms with Crippen LogP contribution >= 0.6 is 0 Å². The van der Waals surface area contributed by atoms with E-state index in [1.165, 1.54) is 11.1 Å². The Labute approximate surface area is 113 Å². The average Bonchev–Trinajstić information content (AvgIpc) is 3.00. The molecule has 3 fully saturated rings. The van der Waals surface area contributed by atoms with Crippen LogP contribution in [0, 0.1) is 6.92 Å². The molecule has 1 aromatic rings. The first-order valence-electron chi connectivity index (χ1n) is 6.73. The van der Waals surface area contributed by atoms with Gasteiger partial charge in [-0.15, -0.1) is 0 Å². The highest BCUT2D eigenvalue weighted by molar-refractivity contribution is 7.90. The van der Waals surface area contributed by atoms with Crippen molar-refractivity contribution in [1.29, 1.82) is 0 Å². The van der Waals surface area contributed by atoms with Crippen LogP contribution in [0.15, 0.2) is 24.3 Å². The van der Waals surface area contributed by atoms with Crippen molar-refractivity contribution in [2.75, 3.05) is 6.54 Å². The van der Waals surface area contributed by atoms with E-state index in [1.54, 1.807) is 0 Å². The first-order chi connectivity index (χ1) is 9.00. The van der Waals surface area contributed by atoms with Crippen molar-refractivity contribution in [3.05, 3.63) is 35.4 Å². The molecule has 0 amide bonds. The summed E-state index contributed by atoms with van der Waals surface area (Å²) in [5.74, 6) is 0.340. The molecule has 1 N–H and O–H groups in total. The molecule has 19 heavy (non-hydrogen) atoms. The number of aryl methyl sites for hydroxylation is 1. The maximum atomic E-state index is 11.9. The van der Waals surface area contributed by atoms with Crippen molar-refractivity contribution in [2.45, 2.75) is 42.6 Å².